The van der Waals surface area contributed by atoms with Crippen LogP contribution in [0, 0.1) is 0 Å². The van der Waals surface area contributed by atoms with Crippen molar-refractivity contribution in [1.29, 1.82) is 0 Å². The van der Waals surface area contributed by atoms with E-state index >= 15 is 0 Å². The molecule has 25 heavy (non-hydrogen) atoms. The van der Waals surface area contributed by atoms with Gasteiger partial charge in [-0.05, 0) is 41.5 Å². The molecule has 3 aromatic carbocycles. The number of hydrogen-bond donors (Lipinski definition) is 0. The maximum absolute atomic E-state index is 6.03. The van der Waals surface area contributed by atoms with Crippen LogP contribution in [0.25, 0.3) is 56.3 Å². The monoisotopic (exact) mass is 319 g/mol. The zero-order chi connectivity index (χ0) is 16.4. The lowest BCUT2D eigenvalue weighted by Crippen LogP contribution is -1.88. The summed E-state index contributed by atoms with van der Waals surface area (Å²) < 4.78 is 6.03. The first-order valence-corrected chi connectivity index (χ1v) is 8.40. The molecule has 2 heterocycles. The van der Waals surface area contributed by atoms with E-state index < -0.39 is 0 Å². The van der Waals surface area contributed by atoms with Gasteiger partial charge in [0.25, 0.3) is 0 Å². The number of hydrogen-bond acceptors (Lipinski definition) is 2. The minimum absolute atomic E-state index is 0.904. The molecule has 0 saturated carbocycles. The molecule has 0 unspecified atom stereocenters. The molecule has 0 radical (unpaired) electrons. The van der Waals surface area contributed by atoms with Gasteiger partial charge >= 0.3 is 0 Å². The Morgan fingerprint density at radius 3 is 2.56 bits per heavy atom. The summed E-state index contributed by atoms with van der Waals surface area (Å²) in [4.78, 5) is 4.89. The number of rotatable bonds is 1. The van der Waals surface area contributed by atoms with E-state index in [0.717, 1.165) is 38.7 Å². The quantitative estimate of drug-likeness (QED) is 0.356. The standard InChI is InChI=1S/C23H13NO/c1-2-7-21-17(5-1)18-11-10-15(13-22(18)25-21)20-12-16-9-8-14-4-3-6-19(24-20)23(14)16/h1-13H. The highest BCUT2D eigenvalue weighted by Gasteiger charge is 2.13. The molecular formula is C23H13NO. The highest BCUT2D eigenvalue weighted by atomic mass is 16.3. The molecule has 0 atom stereocenters. The van der Waals surface area contributed by atoms with Gasteiger partial charge in [-0.15, -0.1) is 0 Å². The number of furan rings is 1. The van der Waals surface area contributed by atoms with Gasteiger partial charge < -0.3 is 4.42 Å². The largest absolute Gasteiger partial charge is 0.456 e. The molecule has 2 nitrogen and oxygen atoms in total. The van der Waals surface area contributed by atoms with Gasteiger partial charge in [-0.25, -0.2) is 4.98 Å². The second kappa shape index (κ2) is 4.58. The number of fused-ring (bicyclic) bond motifs is 3. The molecule has 2 heteroatoms. The van der Waals surface area contributed by atoms with Gasteiger partial charge in [-0.2, -0.15) is 0 Å². The van der Waals surface area contributed by atoms with Crippen LogP contribution in [-0.4, -0.2) is 4.98 Å². The van der Waals surface area contributed by atoms with Gasteiger partial charge in [0.1, 0.15) is 11.2 Å². The second-order valence-corrected chi connectivity index (χ2v) is 6.48. The zero-order valence-electron chi connectivity index (χ0n) is 13.4. The molecule has 0 fully saturated rings. The Kier molecular flexibility index (Phi) is 2.37. The maximum atomic E-state index is 6.03. The van der Waals surface area contributed by atoms with E-state index in [1.165, 1.54) is 16.5 Å². The third kappa shape index (κ3) is 1.76. The Labute approximate surface area is 144 Å². The van der Waals surface area contributed by atoms with E-state index in [2.05, 4.69) is 60.7 Å². The minimum Gasteiger partial charge on any atom is -0.456 e. The Morgan fingerprint density at radius 1 is 0.680 bits per heavy atom. The van der Waals surface area contributed by atoms with Crippen molar-refractivity contribution in [3.63, 3.8) is 0 Å². The molecule has 116 valence electrons. The summed E-state index contributed by atoms with van der Waals surface area (Å²) >= 11 is 0. The average molecular weight is 319 g/mol. The zero-order valence-corrected chi connectivity index (χ0v) is 13.4. The van der Waals surface area contributed by atoms with Crippen molar-refractivity contribution in [3.05, 3.63) is 77.9 Å². The summed E-state index contributed by atoms with van der Waals surface area (Å²) in [6, 6.07) is 23.0. The van der Waals surface area contributed by atoms with Crippen molar-refractivity contribution in [2.45, 2.75) is 0 Å². The lowest BCUT2D eigenvalue weighted by Gasteiger charge is -2.06. The van der Waals surface area contributed by atoms with Crippen LogP contribution in [0.2, 0.25) is 0 Å². The van der Waals surface area contributed by atoms with Crippen LogP contribution >= 0.6 is 0 Å². The van der Waals surface area contributed by atoms with Gasteiger partial charge in [-0.3, -0.25) is 0 Å². The predicted molar refractivity (Wildman–Crippen MR) is 103 cm³/mol. The van der Waals surface area contributed by atoms with Crippen molar-refractivity contribution in [3.8, 4) is 11.3 Å². The van der Waals surface area contributed by atoms with E-state index in [4.69, 9.17) is 9.40 Å². The number of para-hydroxylation sites is 1. The fourth-order valence-electron chi connectivity index (χ4n) is 3.83. The summed E-state index contributed by atoms with van der Waals surface area (Å²) in [7, 11) is 0. The number of aromatic nitrogens is 1. The van der Waals surface area contributed by atoms with Gasteiger partial charge in [0.2, 0.25) is 0 Å². The molecule has 0 aliphatic heterocycles. The molecule has 5 aromatic rings. The van der Waals surface area contributed by atoms with Gasteiger partial charge in [0.15, 0.2) is 0 Å². The van der Waals surface area contributed by atoms with Gasteiger partial charge in [0, 0.05) is 21.7 Å². The van der Waals surface area contributed by atoms with Crippen molar-refractivity contribution in [2.75, 3.05) is 0 Å². The minimum atomic E-state index is 0.904. The summed E-state index contributed by atoms with van der Waals surface area (Å²) in [5.74, 6) is 0. The highest BCUT2D eigenvalue weighted by Crippen LogP contribution is 2.35. The first kappa shape index (κ1) is 13.0. The molecule has 0 bridgehead atoms. The molecule has 0 spiro atoms. The molecule has 2 aromatic heterocycles. The van der Waals surface area contributed by atoms with Gasteiger partial charge in [-0.1, -0.05) is 48.6 Å². The van der Waals surface area contributed by atoms with E-state index in [9.17, 15) is 0 Å². The number of benzene rings is 3. The molecular weight excluding hydrogens is 306 g/mol. The third-order valence-electron chi connectivity index (χ3n) is 5.01. The van der Waals surface area contributed by atoms with E-state index in [1.807, 2.05) is 18.2 Å². The van der Waals surface area contributed by atoms with Crippen LogP contribution in [0.5, 0.6) is 0 Å². The summed E-state index contributed by atoms with van der Waals surface area (Å²) in [5.41, 5.74) is 7.41. The lowest BCUT2D eigenvalue weighted by atomic mass is 10.0. The highest BCUT2D eigenvalue weighted by molar-refractivity contribution is 6.07. The summed E-state index contributed by atoms with van der Waals surface area (Å²) in [6.45, 7) is 0. The van der Waals surface area contributed by atoms with Gasteiger partial charge in [0.05, 0.1) is 11.2 Å². The Morgan fingerprint density at radius 2 is 1.56 bits per heavy atom. The summed E-state index contributed by atoms with van der Waals surface area (Å²) in [5, 5.41) is 3.55. The SMILES string of the molecule is C1=Cc2cc(-c3ccc4c(c3)oc3ccccc34)nc3cccc1c23. The fraction of sp³-hybridized carbons (Fsp3) is 0. The molecule has 1 aliphatic rings. The maximum Gasteiger partial charge on any atom is 0.136 e. The Hall–Kier alpha value is -3.39. The van der Waals surface area contributed by atoms with Crippen molar-refractivity contribution < 1.29 is 4.42 Å². The van der Waals surface area contributed by atoms with Crippen LogP contribution in [-0.2, 0) is 0 Å². The second-order valence-electron chi connectivity index (χ2n) is 6.48. The predicted octanol–water partition coefficient (Wildman–Crippen LogP) is 6.29. The van der Waals surface area contributed by atoms with E-state index in [0.29, 0.717) is 0 Å². The van der Waals surface area contributed by atoms with E-state index in [1.54, 1.807) is 0 Å². The van der Waals surface area contributed by atoms with Crippen LogP contribution in [0.1, 0.15) is 11.1 Å². The summed E-state index contributed by atoms with van der Waals surface area (Å²) in [6.07, 6.45) is 4.33. The first-order chi connectivity index (χ1) is 12.4. The fourth-order valence-corrected chi connectivity index (χ4v) is 3.83. The first-order valence-electron chi connectivity index (χ1n) is 8.40. The van der Waals surface area contributed by atoms with Crippen LogP contribution in [0.4, 0.5) is 0 Å². The molecule has 1 aliphatic carbocycles. The van der Waals surface area contributed by atoms with Crippen molar-refractivity contribution in [2.24, 2.45) is 0 Å². The normalized spacial score (nSPS) is 12.6. The van der Waals surface area contributed by atoms with Crippen molar-refractivity contribution >= 4 is 45.0 Å². The Bertz CT molecular complexity index is 1340. The molecule has 6 rings (SSSR count). The van der Waals surface area contributed by atoms with Crippen molar-refractivity contribution in [1.82, 2.24) is 4.98 Å². The topological polar surface area (TPSA) is 26.0 Å². The third-order valence-corrected chi connectivity index (χ3v) is 5.01. The number of pyridine rings is 1. The average Bonchev–Trinajstić information content (AvgIpc) is 3.23. The Balaban J connectivity index is 1.61. The molecule has 0 amide bonds. The molecule has 0 N–H and O–H groups in total. The van der Waals surface area contributed by atoms with E-state index in [-0.39, 0.29) is 0 Å². The van der Waals surface area contributed by atoms with Crippen LogP contribution in [0.15, 0.2) is 71.1 Å². The van der Waals surface area contributed by atoms with Crippen LogP contribution < -0.4 is 0 Å². The molecule has 0 saturated heterocycles. The number of nitrogens with zero attached hydrogens (tertiary/aromatic N) is 1. The smallest absolute Gasteiger partial charge is 0.136 e. The lowest BCUT2D eigenvalue weighted by molar-refractivity contribution is 0.669. The van der Waals surface area contributed by atoms with Crippen LogP contribution in [0.3, 0.4) is 0 Å².